The van der Waals surface area contributed by atoms with Crippen molar-refractivity contribution in [1.82, 2.24) is 19.5 Å². The van der Waals surface area contributed by atoms with Crippen LogP contribution in [0.3, 0.4) is 0 Å². The number of hydrogen-bond acceptors (Lipinski definition) is 4. The van der Waals surface area contributed by atoms with Crippen molar-refractivity contribution in [2.45, 2.75) is 0 Å². The van der Waals surface area contributed by atoms with Gasteiger partial charge in [-0.2, -0.15) is 0 Å². The van der Waals surface area contributed by atoms with Gasteiger partial charge in [0, 0.05) is 49.5 Å². The number of furan rings is 1. The number of nitrogens with zero attached hydrogens (tertiary/aromatic N) is 4. The zero-order valence-corrected chi connectivity index (χ0v) is 30.2. The minimum atomic E-state index is 0.597. The van der Waals surface area contributed by atoms with Crippen molar-refractivity contribution in [2.75, 3.05) is 0 Å². The lowest BCUT2D eigenvalue weighted by Crippen LogP contribution is -2.00. The van der Waals surface area contributed by atoms with Crippen LogP contribution in [0.25, 0.3) is 106 Å². The van der Waals surface area contributed by atoms with Crippen LogP contribution in [0.15, 0.2) is 199 Å². The maximum atomic E-state index is 6.59. The largest absolute Gasteiger partial charge is 0.455 e. The predicted molar refractivity (Wildman–Crippen MR) is 229 cm³/mol. The predicted octanol–water partition coefficient (Wildman–Crippen LogP) is 13.2. The van der Waals surface area contributed by atoms with Gasteiger partial charge in [-0.15, -0.1) is 0 Å². The molecule has 0 aliphatic rings. The summed E-state index contributed by atoms with van der Waals surface area (Å²) in [7, 11) is 0. The van der Waals surface area contributed by atoms with Gasteiger partial charge in [-0.05, 0) is 71.3 Å². The average Bonchev–Trinajstić information content (AvgIpc) is 3.83. The van der Waals surface area contributed by atoms with Gasteiger partial charge >= 0.3 is 0 Å². The Morgan fingerprint density at radius 3 is 1.62 bits per heavy atom. The molecule has 11 rings (SSSR count). The molecule has 0 saturated heterocycles. The lowest BCUT2D eigenvalue weighted by molar-refractivity contribution is 0.670. The van der Waals surface area contributed by atoms with Gasteiger partial charge in [0.2, 0.25) is 0 Å². The molecule has 0 aliphatic heterocycles. The Kier molecular flexibility index (Phi) is 7.42. The molecule has 56 heavy (non-hydrogen) atoms. The van der Waals surface area contributed by atoms with Crippen molar-refractivity contribution >= 4 is 43.7 Å². The van der Waals surface area contributed by atoms with Gasteiger partial charge in [-0.25, -0.2) is 15.0 Å². The second-order valence-corrected chi connectivity index (χ2v) is 14.0. The van der Waals surface area contributed by atoms with Gasteiger partial charge in [-0.1, -0.05) is 140 Å². The van der Waals surface area contributed by atoms with E-state index in [0.29, 0.717) is 17.5 Å². The quantitative estimate of drug-likeness (QED) is 0.172. The first-order valence-electron chi connectivity index (χ1n) is 18.8. The fraction of sp³-hybridized carbons (Fsp3) is 0. The second kappa shape index (κ2) is 13.0. The van der Waals surface area contributed by atoms with E-state index in [1.165, 1.54) is 16.3 Å². The molecular weight excluding hydrogens is 685 g/mol. The summed E-state index contributed by atoms with van der Waals surface area (Å²) in [4.78, 5) is 15.3. The molecule has 11 aromatic rings. The third-order valence-electron chi connectivity index (χ3n) is 10.6. The van der Waals surface area contributed by atoms with E-state index in [9.17, 15) is 0 Å². The molecule has 262 valence electrons. The van der Waals surface area contributed by atoms with Crippen molar-refractivity contribution in [2.24, 2.45) is 0 Å². The van der Waals surface area contributed by atoms with Crippen LogP contribution >= 0.6 is 0 Å². The molecule has 0 N–H and O–H groups in total. The minimum Gasteiger partial charge on any atom is -0.455 e. The number of benzene rings is 8. The van der Waals surface area contributed by atoms with E-state index in [-0.39, 0.29) is 0 Å². The van der Waals surface area contributed by atoms with Crippen LogP contribution in [-0.2, 0) is 0 Å². The van der Waals surface area contributed by atoms with E-state index < -0.39 is 0 Å². The highest BCUT2D eigenvalue weighted by atomic mass is 16.3. The zero-order chi connectivity index (χ0) is 37.0. The first kappa shape index (κ1) is 31.9. The summed E-state index contributed by atoms with van der Waals surface area (Å²) >= 11 is 0. The van der Waals surface area contributed by atoms with Crippen molar-refractivity contribution in [3.05, 3.63) is 194 Å². The number of aromatic nitrogens is 4. The molecule has 0 fully saturated rings. The van der Waals surface area contributed by atoms with Gasteiger partial charge in [0.25, 0.3) is 0 Å². The van der Waals surface area contributed by atoms with Crippen molar-refractivity contribution in [3.8, 4) is 62.1 Å². The molecular formula is C51H32N4O. The Morgan fingerprint density at radius 1 is 0.339 bits per heavy atom. The average molecular weight is 717 g/mol. The highest BCUT2D eigenvalue weighted by molar-refractivity contribution is 6.11. The smallest absolute Gasteiger partial charge is 0.164 e. The standard InChI is InChI=1S/C51H32N4O/c1-4-15-33(16-5-1)49-52-50(34-17-6-2-7-18-34)54-51(53-49)38-30-36(29-37(31-38)40-23-14-24-43-42-22-11-13-26-47(42)56-48(40)43)35-27-28-46-44(32-35)41-21-10-12-25-45(41)55(46)39-19-8-3-9-20-39/h1-32H. The summed E-state index contributed by atoms with van der Waals surface area (Å²) in [6, 6.07) is 67.5. The Morgan fingerprint density at radius 2 is 0.893 bits per heavy atom. The summed E-state index contributed by atoms with van der Waals surface area (Å²) in [5, 5.41) is 4.57. The van der Waals surface area contributed by atoms with E-state index in [2.05, 4.69) is 126 Å². The van der Waals surface area contributed by atoms with Gasteiger partial charge in [0.1, 0.15) is 11.2 Å². The Labute approximate surface area is 322 Å². The van der Waals surface area contributed by atoms with Crippen molar-refractivity contribution in [3.63, 3.8) is 0 Å². The first-order chi connectivity index (χ1) is 27.7. The lowest BCUT2D eigenvalue weighted by Gasteiger charge is -2.13. The number of para-hydroxylation sites is 4. The fourth-order valence-electron chi connectivity index (χ4n) is 8.00. The molecule has 0 saturated carbocycles. The normalized spacial score (nSPS) is 11.6. The van der Waals surface area contributed by atoms with Crippen LogP contribution in [0.5, 0.6) is 0 Å². The van der Waals surface area contributed by atoms with E-state index in [4.69, 9.17) is 19.4 Å². The molecule has 3 aromatic heterocycles. The molecule has 5 nitrogen and oxygen atoms in total. The zero-order valence-electron chi connectivity index (χ0n) is 30.2. The monoisotopic (exact) mass is 716 g/mol. The van der Waals surface area contributed by atoms with Gasteiger partial charge in [-0.3, -0.25) is 0 Å². The summed E-state index contributed by atoms with van der Waals surface area (Å²) in [5.74, 6) is 1.84. The lowest BCUT2D eigenvalue weighted by atomic mass is 9.94. The summed E-state index contributed by atoms with van der Waals surface area (Å²) < 4.78 is 8.94. The summed E-state index contributed by atoms with van der Waals surface area (Å²) in [5.41, 5.74) is 12.1. The van der Waals surface area contributed by atoms with Crippen LogP contribution in [0, 0.1) is 0 Å². The highest BCUT2D eigenvalue weighted by Gasteiger charge is 2.19. The fourth-order valence-corrected chi connectivity index (χ4v) is 8.00. The molecule has 3 heterocycles. The molecule has 0 aliphatic carbocycles. The summed E-state index contributed by atoms with van der Waals surface area (Å²) in [6.45, 7) is 0. The maximum absolute atomic E-state index is 6.59. The minimum absolute atomic E-state index is 0.597. The third kappa shape index (κ3) is 5.37. The first-order valence-corrected chi connectivity index (χ1v) is 18.8. The Bertz CT molecular complexity index is 3180. The molecule has 0 amide bonds. The molecule has 0 bridgehead atoms. The van der Waals surface area contributed by atoms with E-state index >= 15 is 0 Å². The van der Waals surface area contributed by atoms with Gasteiger partial charge < -0.3 is 8.98 Å². The van der Waals surface area contributed by atoms with Crippen molar-refractivity contribution in [1.29, 1.82) is 0 Å². The van der Waals surface area contributed by atoms with E-state index in [0.717, 1.165) is 72.1 Å². The third-order valence-corrected chi connectivity index (χ3v) is 10.6. The second-order valence-electron chi connectivity index (χ2n) is 14.0. The van der Waals surface area contributed by atoms with Crippen molar-refractivity contribution < 1.29 is 4.42 Å². The van der Waals surface area contributed by atoms with Crippen LogP contribution in [-0.4, -0.2) is 19.5 Å². The molecule has 0 spiro atoms. The van der Waals surface area contributed by atoms with Crippen LogP contribution < -0.4 is 0 Å². The Balaban J connectivity index is 1.17. The molecule has 8 aromatic carbocycles. The van der Waals surface area contributed by atoms with Crippen LogP contribution in [0.1, 0.15) is 0 Å². The van der Waals surface area contributed by atoms with Gasteiger partial charge in [0.15, 0.2) is 17.5 Å². The Hall–Kier alpha value is -7.63. The number of hydrogen-bond donors (Lipinski definition) is 0. The van der Waals surface area contributed by atoms with E-state index in [1.54, 1.807) is 0 Å². The highest BCUT2D eigenvalue weighted by Crippen LogP contribution is 2.41. The van der Waals surface area contributed by atoms with E-state index in [1.807, 2.05) is 72.8 Å². The number of rotatable bonds is 6. The van der Waals surface area contributed by atoms with Crippen LogP contribution in [0.2, 0.25) is 0 Å². The topological polar surface area (TPSA) is 56.7 Å². The SMILES string of the molecule is c1ccc(-c2nc(-c3ccccc3)nc(-c3cc(-c4ccc5c(c4)c4ccccc4n5-c4ccccc4)cc(-c4cccc5c4oc4ccccc45)c3)n2)cc1. The molecule has 0 radical (unpaired) electrons. The van der Waals surface area contributed by atoms with Crippen LogP contribution in [0.4, 0.5) is 0 Å². The molecule has 0 unspecified atom stereocenters. The molecule has 0 atom stereocenters. The summed E-state index contributed by atoms with van der Waals surface area (Å²) in [6.07, 6.45) is 0. The number of fused-ring (bicyclic) bond motifs is 6. The van der Waals surface area contributed by atoms with Gasteiger partial charge in [0.05, 0.1) is 11.0 Å². The molecule has 5 heteroatoms. The maximum Gasteiger partial charge on any atom is 0.164 e.